The van der Waals surface area contributed by atoms with Crippen molar-refractivity contribution in [2.45, 2.75) is 12.8 Å². The molecule has 1 saturated carbocycles. The van der Waals surface area contributed by atoms with Crippen LogP contribution in [0, 0.1) is 16.0 Å². The zero-order valence-corrected chi connectivity index (χ0v) is 10.9. The summed E-state index contributed by atoms with van der Waals surface area (Å²) in [6.07, 6.45) is 1.91. The minimum Gasteiger partial charge on any atom is -0.378 e. The predicted octanol–water partition coefficient (Wildman–Crippen LogP) is 2.19. The summed E-state index contributed by atoms with van der Waals surface area (Å²) in [5, 5.41) is 16.7. The summed E-state index contributed by atoms with van der Waals surface area (Å²) >= 11 is 5.79. The number of rotatable bonds is 6. The van der Waals surface area contributed by atoms with Crippen LogP contribution in [0.5, 0.6) is 0 Å². The van der Waals surface area contributed by atoms with E-state index < -0.39 is 4.92 Å². The number of amides is 1. The van der Waals surface area contributed by atoms with Crippen molar-refractivity contribution in [3.05, 3.63) is 33.3 Å². The average Bonchev–Trinajstić information content (AvgIpc) is 3.18. The number of carbonyl (C=O) groups excluding carboxylic acids is 1. The van der Waals surface area contributed by atoms with Gasteiger partial charge in [0.05, 0.1) is 4.92 Å². The summed E-state index contributed by atoms with van der Waals surface area (Å²) in [6, 6.07) is 4.70. The second kappa shape index (κ2) is 5.88. The molecule has 2 rings (SSSR count). The Kier molecular flexibility index (Phi) is 4.21. The molecule has 102 valence electrons. The van der Waals surface area contributed by atoms with Crippen LogP contribution in [-0.4, -0.2) is 23.9 Å². The van der Waals surface area contributed by atoms with Gasteiger partial charge in [0.2, 0.25) is 5.91 Å². The Balaban J connectivity index is 1.86. The van der Waals surface area contributed by atoms with Crippen molar-refractivity contribution in [2.24, 2.45) is 5.92 Å². The monoisotopic (exact) mass is 283 g/mol. The quantitative estimate of drug-likeness (QED) is 0.476. The third kappa shape index (κ3) is 3.57. The van der Waals surface area contributed by atoms with Crippen molar-refractivity contribution < 1.29 is 9.72 Å². The van der Waals surface area contributed by atoms with E-state index in [9.17, 15) is 14.9 Å². The highest BCUT2D eigenvalue weighted by molar-refractivity contribution is 6.33. The summed E-state index contributed by atoms with van der Waals surface area (Å²) in [6.45, 7) is 0.846. The standard InChI is InChI=1S/C12H14ClN3O3/c13-9-2-1-3-10(11(9)16(18)19)14-6-7-15-12(17)8-4-5-8/h1-3,8,14H,4-7H2,(H,15,17). The Hall–Kier alpha value is -1.82. The molecule has 19 heavy (non-hydrogen) atoms. The molecule has 0 aliphatic heterocycles. The number of anilines is 1. The van der Waals surface area contributed by atoms with Crippen molar-refractivity contribution >= 4 is 28.9 Å². The molecule has 7 heteroatoms. The van der Waals surface area contributed by atoms with E-state index in [1.165, 1.54) is 6.07 Å². The second-order valence-electron chi connectivity index (χ2n) is 4.39. The van der Waals surface area contributed by atoms with Crippen LogP contribution >= 0.6 is 11.6 Å². The van der Waals surface area contributed by atoms with Crippen molar-refractivity contribution in [2.75, 3.05) is 18.4 Å². The number of halogens is 1. The summed E-state index contributed by atoms with van der Waals surface area (Å²) in [5.74, 6) is 0.225. The molecule has 1 fully saturated rings. The third-order valence-electron chi connectivity index (χ3n) is 2.86. The van der Waals surface area contributed by atoms with Gasteiger partial charge in [-0.05, 0) is 25.0 Å². The first-order valence-electron chi connectivity index (χ1n) is 6.04. The molecule has 0 bridgehead atoms. The van der Waals surface area contributed by atoms with Gasteiger partial charge in [-0.25, -0.2) is 0 Å². The minimum atomic E-state index is -0.520. The smallest absolute Gasteiger partial charge is 0.310 e. The van der Waals surface area contributed by atoms with Gasteiger partial charge in [0.15, 0.2) is 0 Å². The van der Waals surface area contributed by atoms with Crippen LogP contribution in [0.2, 0.25) is 5.02 Å². The third-order valence-corrected chi connectivity index (χ3v) is 3.16. The first-order valence-corrected chi connectivity index (χ1v) is 6.42. The number of benzene rings is 1. The average molecular weight is 284 g/mol. The lowest BCUT2D eigenvalue weighted by Gasteiger charge is -2.08. The molecule has 1 aliphatic carbocycles. The normalized spacial score (nSPS) is 13.9. The Bertz CT molecular complexity index is 503. The van der Waals surface area contributed by atoms with Gasteiger partial charge < -0.3 is 10.6 Å². The van der Waals surface area contributed by atoms with Crippen molar-refractivity contribution in [1.82, 2.24) is 5.32 Å². The molecule has 0 heterocycles. The molecule has 1 aliphatic rings. The fourth-order valence-corrected chi connectivity index (χ4v) is 1.96. The maximum atomic E-state index is 11.4. The molecule has 6 nitrogen and oxygen atoms in total. The zero-order chi connectivity index (χ0) is 13.8. The van der Waals surface area contributed by atoms with E-state index in [0.717, 1.165) is 12.8 Å². The molecule has 0 spiro atoms. The molecular formula is C12H14ClN3O3. The van der Waals surface area contributed by atoms with Gasteiger partial charge in [0.1, 0.15) is 10.7 Å². The van der Waals surface area contributed by atoms with Crippen LogP contribution in [0.3, 0.4) is 0 Å². The van der Waals surface area contributed by atoms with E-state index in [4.69, 9.17) is 11.6 Å². The van der Waals surface area contributed by atoms with E-state index in [0.29, 0.717) is 18.8 Å². The Morgan fingerprint density at radius 1 is 1.42 bits per heavy atom. The fraction of sp³-hybridized carbons (Fsp3) is 0.417. The number of carbonyl (C=O) groups is 1. The lowest BCUT2D eigenvalue weighted by molar-refractivity contribution is -0.383. The molecule has 0 radical (unpaired) electrons. The van der Waals surface area contributed by atoms with E-state index >= 15 is 0 Å². The SMILES string of the molecule is O=C(NCCNc1cccc(Cl)c1[N+](=O)[O-])C1CC1. The maximum absolute atomic E-state index is 11.4. The van der Waals surface area contributed by atoms with Gasteiger partial charge in [0, 0.05) is 19.0 Å². The summed E-state index contributed by atoms with van der Waals surface area (Å²) < 4.78 is 0. The molecule has 1 aromatic carbocycles. The van der Waals surface area contributed by atoms with Gasteiger partial charge in [-0.2, -0.15) is 0 Å². The number of hydrogen-bond donors (Lipinski definition) is 2. The number of nitrogens with zero attached hydrogens (tertiary/aromatic N) is 1. The van der Waals surface area contributed by atoms with Gasteiger partial charge in [-0.1, -0.05) is 17.7 Å². The number of nitro benzene ring substituents is 1. The number of nitrogens with one attached hydrogen (secondary N) is 2. The number of hydrogen-bond acceptors (Lipinski definition) is 4. The van der Waals surface area contributed by atoms with Crippen LogP contribution in [0.15, 0.2) is 18.2 Å². The van der Waals surface area contributed by atoms with E-state index in [2.05, 4.69) is 10.6 Å². The van der Waals surface area contributed by atoms with Crippen molar-refractivity contribution in [1.29, 1.82) is 0 Å². The van der Waals surface area contributed by atoms with Gasteiger partial charge >= 0.3 is 5.69 Å². The van der Waals surface area contributed by atoms with Crippen molar-refractivity contribution in [3.8, 4) is 0 Å². The van der Waals surface area contributed by atoms with Crippen LogP contribution in [0.4, 0.5) is 11.4 Å². The molecule has 1 amide bonds. The summed E-state index contributed by atoms with van der Waals surface area (Å²) in [7, 11) is 0. The highest BCUT2D eigenvalue weighted by Gasteiger charge is 2.29. The molecule has 0 unspecified atom stereocenters. The van der Waals surface area contributed by atoms with E-state index in [-0.39, 0.29) is 22.5 Å². The molecule has 0 atom stereocenters. The first-order chi connectivity index (χ1) is 9.09. The predicted molar refractivity (Wildman–Crippen MR) is 72.3 cm³/mol. The molecule has 1 aromatic rings. The summed E-state index contributed by atoms with van der Waals surface area (Å²) in [5.41, 5.74) is 0.218. The van der Waals surface area contributed by atoms with Crippen LogP contribution in [0.25, 0.3) is 0 Å². The molecule has 0 saturated heterocycles. The fourth-order valence-electron chi connectivity index (χ4n) is 1.72. The minimum absolute atomic E-state index is 0.0578. The number of para-hydroxylation sites is 1. The largest absolute Gasteiger partial charge is 0.378 e. The number of nitro groups is 1. The lowest BCUT2D eigenvalue weighted by Crippen LogP contribution is -2.29. The van der Waals surface area contributed by atoms with E-state index in [1.807, 2.05) is 0 Å². The molecule has 2 N–H and O–H groups in total. The van der Waals surface area contributed by atoms with Crippen molar-refractivity contribution in [3.63, 3.8) is 0 Å². The van der Waals surface area contributed by atoms with Crippen LogP contribution in [0.1, 0.15) is 12.8 Å². The zero-order valence-electron chi connectivity index (χ0n) is 10.2. The first kappa shape index (κ1) is 13.6. The maximum Gasteiger partial charge on any atom is 0.310 e. The van der Waals surface area contributed by atoms with Crippen LogP contribution < -0.4 is 10.6 Å². The van der Waals surface area contributed by atoms with E-state index in [1.54, 1.807) is 12.1 Å². The Labute approximate surface area is 115 Å². The van der Waals surface area contributed by atoms with Gasteiger partial charge in [-0.15, -0.1) is 0 Å². The highest BCUT2D eigenvalue weighted by Crippen LogP contribution is 2.32. The van der Waals surface area contributed by atoms with Gasteiger partial charge in [-0.3, -0.25) is 14.9 Å². The van der Waals surface area contributed by atoms with Gasteiger partial charge in [0.25, 0.3) is 0 Å². The molecular weight excluding hydrogens is 270 g/mol. The second-order valence-corrected chi connectivity index (χ2v) is 4.79. The molecule has 0 aromatic heterocycles. The van der Waals surface area contributed by atoms with Crippen LogP contribution in [-0.2, 0) is 4.79 Å². The highest BCUT2D eigenvalue weighted by atomic mass is 35.5. The topological polar surface area (TPSA) is 84.3 Å². The summed E-state index contributed by atoms with van der Waals surface area (Å²) in [4.78, 5) is 21.7. The Morgan fingerprint density at radius 2 is 2.16 bits per heavy atom. The Morgan fingerprint density at radius 3 is 2.79 bits per heavy atom. The lowest BCUT2D eigenvalue weighted by atomic mass is 10.2.